The summed E-state index contributed by atoms with van der Waals surface area (Å²) in [5.74, 6) is -1.60. The molecule has 17 heavy (non-hydrogen) atoms. The van der Waals surface area contributed by atoms with Crippen LogP contribution >= 0.6 is 0 Å². The first-order chi connectivity index (χ1) is 8.06. The molecule has 0 spiro atoms. The van der Waals surface area contributed by atoms with Crippen molar-refractivity contribution < 1.29 is 24.1 Å². The minimum absolute atomic E-state index is 0.217. The van der Waals surface area contributed by atoms with E-state index in [1.165, 1.54) is 12.3 Å². The molecule has 0 aliphatic carbocycles. The number of ether oxygens (including phenoxy) is 1. The normalized spacial score (nSPS) is 13.6. The Morgan fingerprint density at radius 1 is 1.59 bits per heavy atom. The van der Waals surface area contributed by atoms with Gasteiger partial charge in [-0.25, -0.2) is 14.1 Å². The summed E-state index contributed by atoms with van der Waals surface area (Å²) in [6.07, 6.45) is 0.267. The van der Waals surface area contributed by atoms with Crippen LogP contribution in [0.3, 0.4) is 0 Å². The zero-order valence-electron chi connectivity index (χ0n) is 8.79. The number of phenolic OH excluding ortho intramolecular Hbond substituents is 1. The molecule has 6 nitrogen and oxygen atoms in total. The van der Waals surface area contributed by atoms with Crippen molar-refractivity contribution in [2.45, 2.75) is 0 Å². The third-order valence-electron chi connectivity index (χ3n) is 2.37. The summed E-state index contributed by atoms with van der Waals surface area (Å²) in [5.41, 5.74) is 0.0679. The van der Waals surface area contributed by atoms with Gasteiger partial charge in [0.15, 0.2) is 11.6 Å². The lowest BCUT2D eigenvalue weighted by molar-refractivity contribution is 0.145. The van der Waals surface area contributed by atoms with Crippen LogP contribution in [0.5, 0.6) is 5.75 Å². The number of amides is 1. The average molecular weight is 238 g/mol. The van der Waals surface area contributed by atoms with Crippen molar-refractivity contribution in [3.63, 3.8) is 0 Å². The number of benzene rings is 1. The van der Waals surface area contributed by atoms with Crippen molar-refractivity contribution >= 4 is 24.8 Å². The number of methoxy groups -OCH3 is 1. The van der Waals surface area contributed by atoms with Crippen molar-refractivity contribution in [1.82, 2.24) is 4.92 Å². The van der Waals surface area contributed by atoms with Crippen molar-refractivity contribution in [2.24, 2.45) is 5.10 Å². The average Bonchev–Trinajstić information content (AvgIpc) is 2.33. The minimum Gasteiger partial charge on any atom is -0.505 e. The Bertz CT molecular complexity index is 508. The van der Waals surface area contributed by atoms with Gasteiger partial charge < -0.3 is 14.9 Å². The summed E-state index contributed by atoms with van der Waals surface area (Å²) in [6.45, 7) is 0. The molecule has 0 unspecified atom stereocenters. The first-order valence-corrected chi connectivity index (χ1v) is 4.67. The monoisotopic (exact) mass is 238 g/mol. The molecule has 0 atom stereocenters. The fourth-order valence-electron chi connectivity index (χ4n) is 1.52. The van der Waals surface area contributed by atoms with Gasteiger partial charge in [0.1, 0.15) is 0 Å². The van der Waals surface area contributed by atoms with Gasteiger partial charge in [-0.05, 0) is 17.7 Å². The minimum atomic E-state index is -1.63. The van der Waals surface area contributed by atoms with Crippen molar-refractivity contribution in [3.8, 4) is 5.75 Å². The number of carbonyl (C=O) groups is 1. The number of nitrogens with zero attached hydrogens (tertiary/aromatic N) is 2. The maximum atomic E-state index is 13.6. The highest BCUT2D eigenvalue weighted by Gasteiger charge is 2.37. The molecule has 0 bridgehead atoms. The molecule has 0 saturated heterocycles. The lowest BCUT2D eigenvalue weighted by atomic mass is 9.69. The van der Waals surface area contributed by atoms with Gasteiger partial charge in [-0.1, -0.05) is 0 Å². The molecule has 1 aromatic carbocycles. The van der Waals surface area contributed by atoms with E-state index in [9.17, 15) is 19.3 Å². The van der Waals surface area contributed by atoms with E-state index >= 15 is 0 Å². The van der Waals surface area contributed by atoms with E-state index < -0.39 is 24.7 Å². The summed E-state index contributed by atoms with van der Waals surface area (Å²) in [4.78, 5) is 11.8. The Hall–Kier alpha value is -2.09. The molecule has 0 aromatic heterocycles. The number of hydrogen-bond donors (Lipinski definition) is 2. The Labute approximate surface area is 96.1 Å². The van der Waals surface area contributed by atoms with E-state index in [0.717, 1.165) is 13.2 Å². The molecule has 1 aliphatic rings. The number of hydrogen-bond acceptors (Lipinski definition) is 5. The van der Waals surface area contributed by atoms with E-state index in [4.69, 9.17) is 0 Å². The molecular formula is C9H8BFN2O4. The number of halogens is 1. The Morgan fingerprint density at radius 3 is 2.94 bits per heavy atom. The van der Waals surface area contributed by atoms with Gasteiger partial charge in [0.2, 0.25) is 0 Å². The SMILES string of the molecule is COC(=O)N1N=Cc2ccc(O)c(F)c2B1O. The number of fused-ring (bicyclic) bond motifs is 1. The van der Waals surface area contributed by atoms with Crippen molar-refractivity contribution in [2.75, 3.05) is 7.11 Å². The lowest BCUT2D eigenvalue weighted by Gasteiger charge is -2.23. The van der Waals surface area contributed by atoms with E-state index in [0.29, 0.717) is 4.92 Å². The third-order valence-corrected chi connectivity index (χ3v) is 2.37. The fourth-order valence-corrected chi connectivity index (χ4v) is 1.52. The van der Waals surface area contributed by atoms with Crippen LogP contribution in [-0.4, -0.2) is 41.5 Å². The zero-order valence-corrected chi connectivity index (χ0v) is 8.79. The molecule has 8 heteroatoms. The highest BCUT2D eigenvalue weighted by Crippen LogP contribution is 2.17. The number of rotatable bonds is 0. The molecule has 0 radical (unpaired) electrons. The van der Waals surface area contributed by atoms with Crippen LogP contribution in [0.2, 0.25) is 0 Å². The first-order valence-electron chi connectivity index (χ1n) is 4.67. The van der Waals surface area contributed by atoms with Gasteiger partial charge in [0.25, 0.3) is 0 Å². The predicted octanol–water partition coefficient (Wildman–Crippen LogP) is -0.365. The molecule has 1 aliphatic heterocycles. The molecule has 1 amide bonds. The van der Waals surface area contributed by atoms with Crippen molar-refractivity contribution in [1.29, 1.82) is 0 Å². The maximum Gasteiger partial charge on any atom is 0.481 e. The van der Waals surface area contributed by atoms with Gasteiger partial charge in [-0.15, -0.1) is 0 Å². The van der Waals surface area contributed by atoms with E-state index in [1.54, 1.807) is 0 Å². The summed E-state index contributed by atoms with van der Waals surface area (Å²) < 4.78 is 18.0. The zero-order chi connectivity index (χ0) is 12.6. The van der Waals surface area contributed by atoms with Crippen molar-refractivity contribution in [3.05, 3.63) is 23.5 Å². The van der Waals surface area contributed by atoms with Crippen LogP contribution in [0.1, 0.15) is 5.56 Å². The molecular weight excluding hydrogens is 230 g/mol. The Kier molecular flexibility index (Phi) is 2.72. The molecule has 1 heterocycles. The summed E-state index contributed by atoms with van der Waals surface area (Å²) in [5, 5.41) is 22.6. The van der Waals surface area contributed by atoms with E-state index in [2.05, 4.69) is 9.84 Å². The van der Waals surface area contributed by atoms with Gasteiger partial charge in [-0.2, -0.15) is 5.10 Å². The maximum absolute atomic E-state index is 13.6. The number of carbonyl (C=O) groups excluding carboxylic acids is 1. The molecule has 1 aromatic rings. The second kappa shape index (κ2) is 4.06. The Morgan fingerprint density at radius 2 is 2.29 bits per heavy atom. The van der Waals surface area contributed by atoms with Crippen LogP contribution in [-0.2, 0) is 4.74 Å². The van der Waals surface area contributed by atoms with Gasteiger partial charge >= 0.3 is 13.1 Å². The number of phenols is 1. The lowest BCUT2D eigenvalue weighted by Crippen LogP contribution is -2.53. The second-order valence-electron chi connectivity index (χ2n) is 3.33. The predicted molar refractivity (Wildman–Crippen MR) is 57.5 cm³/mol. The molecule has 0 fully saturated rings. The van der Waals surface area contributed by atoms with Gasteiger partial charge in [0.05, 0.1) is 13.3 Å². The standard InChI is InChI=1S/C9H8BFN2O4/c1-17-9(15)13-10(16)7-5(4-12-13)2-3-6(14)8(7)11/h2-4,14,16H,1H3. The van der Waals surface area contributed by atoms with Crippen LogP contribution in [0.15, 0.2) is 17.2 Å². The summed E-state index contributed by atoms with van der Waals surface area (Å²) >= 11 is 0. The molecule has 88 valence electrons. The first kappa shape index (κ1) is 11.4. The highest BCUT2D eigenvalue weighted by molar-refractivity contribution is 6.67. The van der Waals surface area contributed by atoms with Gasteiger partial charge in [0, 0.05) is 5.46 Å². The summed E-state index contributed by atoms with van der Waals surface area (Å²) in [6, 6.07) is 2.52. The molecule has 0 saturated carbocycles. The van der Waals surface area contributed by atoms with E-state index in [-0.39, 0.29) is 11.0 Å². The quantitative estimate of drug-likeness (QED) is 0.604. The summed E-state index contributed by atoms with van der Waals surface area (Å²) in [7, 11) is -0.520. The highest BCUT2D eigenvalue weighted by atomic mass is 19.1. The van der Waals surface area contributed by atoms with Crippen LogP contribution in [0.25, 0.3) is 0 Å². The van der Waals surface area contributed by atoms with Crippen LogP contribution in [0.4, 0.5) is 9.18 Å². The molecule has 2 N–H and O–H groups in total. The Balaban J connectivity index is 2.50. The third kappa shape index (κ3) is 1.72. The van der Waals surface area contributed by atoms with Gasteiger partial charge in [-0.3, -0.25) is 0 Å². The number of aromatic hydroxyl groups is 1. The number of hydrazone groups is 1. The largest absolute Gasteiger partial charge is 0.505 e. The van der Waals surface area contributed by atoms with E-state index in [1.807, 2.05) is 0 Å². The smallest absolute Gasteiger partial charge is 0.481 e. The molecule has 2 rings (SSSR count). The second-order valence-corrected chi connectivity index (χ2v) is 3.33. The van der Waals surface area contributed by atoms with Crippen LogP contribution in [0, 0.1) is 5.82 Å². The topological polar surface area (TPSA) is 82.4 Å². The fraction of sp³-hybridized carbons (Fsp3) is 0.111. The van der Waals surface area contributed by atoms with Crippen LogP contribution < -0.4 is 5.46 Å².